The average molecular weight is 580 g/mol. The maximum absolute atomic E-state index is 13.5. The molecule has 0 spiro atoms. The van der Waals surface area contributed by atoms with Crippen LogP contribution in [-0.4, -0.2) is 55.3 Å². The van der Waals surface area contributed by atoms with Crippen LogP contribution in [0.5, 0.6) is 5.75 Å². The maximum Gasteiger partial charge on any atom is 0.336 e. The van der Waals surface area contributed by atoms with E-state index in [0.29, 0.717) is 35.0 Å². The highest BCUT2D eigenvalue weighted by atomic mass is 16.6. The molecule has 1 amide bonds. The van der Waals surface area contributed by atoms with Gasteiger partial charge in [0, 0.05) is 42.7 Å². The van der Waals surface area contributed by atoms with E-state index in [-0.39, 0.29) is 48.7 Å². The van der Waals surface area contributed by atoms with Gasteiger partial charge in [-0.2, -0.15) is 0 Å². The summed E-state index contributed by atoms with van der Waals surface area (Å²) in [6.45, 7) is 5.37. The summed E-state index contributed by atoms with van der Waals surface area (Å²) in [7, 11) is 0. The van der Waals surface area contributed by atoms with Crippen LogP contribution in [0.4, 0.5) is 11.4 Å². The molecular weight excluding hydrogens is 546 g/mol. The summed E-state index contributed by atoms with van der Waals surface area (Å²) in [4.78, 5) is 49.1. The second-order valence-corrected chi connectivity index (χ2v) is 9.91. The predicted molar refractivity (Wildman–Crippen MR) is 152 cm³/mol. The molecule has 42 heavy (non-hydrogen) atoms. The molecule has 1 fully saturated rings. The van der Waals surface area contributed by atoms with Crippen LogP contribution in [-0.2, 0) is 28.6 Å². The topological polar surface area (TPSA) is 155 Å². The number of hydrogen-bond donors (Lipinski definition) is 2. The van der Waals surface area contributed by atoms with Crippen molar-refractivity contribution in [2.24, 2.45) is 0 Å². The molecule has 0 bridgehead atoms. The van der Waals surface area contributed by atoms with Crippen LogP contribution in [0.1, 0.15) is 45.1 Å². The number of nitrogens with one attached hydrogen (secondary N) is 2. The molecule has 12 nitrogen and oxygen atoms in total. The molecule has 2 atom stereocenters. The number of esters is 2. The number of nitro benzene ring substituents is 1. The van der Waals surface area contributed by atoms with Crippen molar-refractivity contribution in [1.29, 1.82) is 0 Å². The van der Waals surface area contributed by atoms with Gasteiger partial charge in [0.15, 0.2) is 0 Å². The van der Waals surface area contributed by atoms with Crippen LogP contribution in [0.3, 0.4) is 0 Å². The Balaban J connectivity index is 1.51. The molecule has 2 aliphatic rings. The molecule has 0 aliphatic carbocycles. The Morgan fingerprint density at radius 3 is 2.33 bits per heavy atom. The smallest absolute Gasteiger partial charge is 0.336 e. The molecule has 0 aromatic heterocycles. The normalized spacial score (nSPS) is 18.3. The number of non-ortho nitro benzene ring substituents is 1. The highest BCUT2D eigenvalue weighted by molar-refractivity contribution is 6.00. The number of carbonyl (C=O) groups excluding carboxylic acids is 3. The Morgan fingerprint density at radius 2 is 1.71 bits per heavy atom. The van der Waals surface area contributed by atoms with E-state index in [4.69, 9.17) is 18.9 Å². The number of rotatable bonds is 11. The molecule has 12 heteroatoms. The minimum absolute atomic E-state index is 0.0393. The Kier molecular flexibility index (Phi) is 9.92. The number of dihydropyridines is 1. The Labute approximate surface area is 242 Å². The van der Waals surface area contributed by atoms with Crippen LogP contribution in [0.25, 0.3) is 0 Å². The summed E-state index contributed by atoms with van der Waals surface area (Å²) in [5.41, 5.74) is 2.00. The summed E-state index contributed by atoms with van der Waals surface area (Å²) >= 11 is 0. The molecule has 2 heterocycles. The molecule has 2 aromatic rings. The molecule has 222 valence electrons. The number of hydrogen-bond acceptors (Lipinski definition) is 10. The van der Waals surface area contributed by atoms with Crippen LogP contribution >= 0.6 is 0 Å². The maximum atomic E-state index is 13.5. The third-order valence-electron chi connectivity index (χ3n) is 6.80. The lowest BCUT2D eigenvalue weighted by molar-refractivity contribution is -0.384. The average Bonchev–Trinajstić information content (AvgIpc) is 3.48. The molecule has 2 aliphatic heterocycles. The van der Waals surface area contributed by atoms with Crippen molar-refractivity contribution < 1.29 is 38.3 Å². The first kappa shape index (κ1) is 30.3. The van der Waals surface area contributed by atoms with Gasteiger partial charge in [0.2, 0.25) is 5.91 Å². The van der Waals surface area contributed by atoms with Crippen molar-refractivity contribution in [2.75, 3.05) is 31.7 Å². The monoisotopic (exact) mass is 579 g/mol. The number of benzene rings is 2. The highest BCUT2D eigenvalue weighted by Crippen LogP contribution is 2.40. The number of anilines is 1. The zero-order valence-corrected chi connectivity index (χ0v) is 23.6. The van der Waals surface area contributed by atoms with Crippen LogP contribution < -0.4 is 15.4 Å². The largest absolute Gasteiger partial charge is 0.490 e. The summed E-state index contributed by atoms with van der Waals surface area (Å²) < 4.78 is 22.3. The van der Waals surface area contributed by atoms with Gasteiger partial charge in [-0.3, -0.25) is 14.9 Å². The van der Waals surface area contributed by atoms with Gasteiger partial charge in [0.1, 0.15) is 25.6 Å². The van der Waals surface area contributed by atoms with Crippen molar-refractivity contribution in [2.45, 2.75) is 45.6 Å². The lowest BCUT2D eigenvalue weighted by Gasteiger charge is -2.30. The van der Waals surface area contributed by atoms with E-state index in [2.05, 4.69) is 10.6 Å². The number of allylic oxidation sites excluding steroid dienone is 2. The Morgan fingerprint density at radius 1 is 1.02 bits per heavy atom. The Bertz CT molecular complexity index is 1410. The summed E-state index contributed by atoms with van der Waals surface area (Å²) in [6, 6.07) is 12.5. The number of nitro groups is 1. The van der Waals surface area contributed by atoms with Gasteiger partial charge < -0.3 is 29.6 Å². The first-order valence-corrected chi connectivity index (χ1v) is 13.5. The lowest BCUT2D eigenvalue weighted by atomic mass is 9.80. The standard InChI is InChI=1S/C30H33N3O9/c1-18-26(29(35)41-15-14-40-24-11-9-22(10-12-24)32-20(3)34)28(21-6-4-7-23(16-21)33(37)38)27(19(2)31-18)30(36)42-17-25-8-5-13-39-25/h4,6-7,9-12,16,25,28,31H,5,8,13-15,17H2,1-3H3,(H,32,34)/t25-,28+/m1/s1. The minimum Gasteiger partial charge on any atom is -0.490 e. The van der Waals surface area contributed by atoms with Gasteiger partial charge >= 0.3 is 11.9 Å². The molecule has 0 radical (unpaired) electrons. The number of carbonyl (C=O) groups is 3. The molecular formula is C30H33N3O9. The second kappa shape index (κ2) is 13.8. The molecule has 0 saturated carbocycles. The fourth-order valence-corrected chi connectivity index (χ4v) is 4.92. The van der Waals surface area contributed by atoms with Crippen molar-refractivity contribution in [3.63, 3.8) is 0 Å². The third kappa shape index (κ3) is 7.52. The lowest BCUT2D eigenvalue weighted by Crippen LogP contribution is -2.33. The number of amides is 1. The SMILES string of the molecule is CC(=O)Nc1ccc(OCCOC(=O)C2=C(C)NC(C)=C(C(=O)OC[C@H]3CCCO3)[C@H]2c2cccc([N+](=O)[O-])c2)cc1. The van der Waals surface area contributed by atoms with Crippen molar-refractivity contribution in [3.05, 3.63) is 86.7 Å². The second-order valence-electron chi connectivity index (χ2n) is 9.91. The van der Waals surface area contributed by atoms with Crippen LogP contribution in [0.15, 0.2) is 71.1 Å². The molecule has 1 saturated heterocycles. The van der Waals surface area contributed by atoms with Crippen molar-refractivity contribution >= 4 is 29.2 Å². The molecule has 2 aromatic carbocycles. The number of ether oxygens (including phenoxy) is 4. The zero-order valence-electron chi connectivity index (χ0n) is 23.6. The van der Waals surface area contributed by atoms with Crippen molar-refractivity contribution in [1.82, 2.24) is 5.32 Å². The van der Waals surface area contributed by atoms with E-state index in [9.17, 15) is 24.5 Å². The van der Waals surface area contributed by atoms with Gasteiger partial charge in [-0.1, -0.05) is 12.1 Å². The van der Waals surface area contributed by atoms with Gasteiger partial charge in [0.25, 0.3) is 5.69 Å². The van der Waals surface area contributed by atoms with E-state index in [1.165, 1.54) is 25.1 Å². The van der Waals surface area contributed by atoms with E-state index in [1.807, 2.05) is 0 Å². The molecule has 2 N–H and O–H groups in total. The van der Waals surface area contributed by atoms with E-state index >= 15 is 0 Å². The van der Waals surface area contributed by atoms with Gasteiger partial charge in [-0.25, -0.2) is 9.59 Å². The van der Waals surface area contributed by atoms with E-state index in [1.54, 1.807) is 44.2 Å². The van der Waals surface area contributed by atoms with Gasteiger partial charge in [0.05, 0.1) is 28.1 Å². The van der Waals surface area contributed by atoms with E-state index in [0.717, 1.165) is 12.8 Å². The Hall–Kier alpha value is -4.71. The van der Waals surface area contributed by atoms with Gasteiger partial charge in [-0.15, -0.1) is 0 Å². The fraction of sp³-hybridized carbons (Fsp3) is 0.367. The van der Waals surface area contributed by atoms with Crippen LogP contribution in [0, 0.1) is 10.1 Å². The highest BCUT2D eigenvalue weighted by Gasteiger charge is 2.39. The van der Waals surface area contributed by atoms with Crippen LogP contribution in [0.2, 0.25) is 0 Å². The fourth-order valence-electron chi connectivity index (χ4n) is 4.92. The first-order chi connectivity index (χ1) is 20.1. The summed E-state index contributed by atoms with van der Waals surface area (Å²) in [5.74, 6) is -2.02. The van der Waals surface area contributed by atoms with Crippen molar-refractivity contribution in [3.8, 4) is 5.75 Å². The van der Waals surface area contributed by atoms with E-state index < -0.39 is 22.8 Å². The molecule has 0 unspecified atom stereocenters. The minimum atomic E-state index is -0.974. The third-order valence-corrected chi connectivity index (χ3v) is 6.80. The zero-order chi connectivity index (χ0) is 30.2. The predicted octanol–water partition coefficient (Wildman–Crippen LogP) is 4.13. The van der Waals surface area contributed by atoms with Gasteiger partial charge in [-0.05, 0) is 56.5 Å². The number of nitrogens with zero attached hydrogens (tertiary/aromatic N) is 1. The summed E-state index contributed by atoms with van der Waals surface area (Å²) in [6.07, 6.45) is 1.45. The quantitative estimate of drug-likeness (QED) is 0.172. The first-order valence-electron chi connectivity index (χ1n) is 13.5. The summed E-state index contributed by atoms with van der Waals surface area (Å²) in [5, 5.41) is 17.3. The molecule has 4 rings (SSSR count).